The summed E-state index contributed by atoms with van der Waals surface area (Å²) < 4.78 is 17.1. The molecule has 3 atom stereocenters. The number of aryl methyl sites for hydroxylation is 1. The van der Waals surface area contributed by atoms with E-state index in [9.17, 15) is 25.0 Å². The van der Waals surface area contributed by atoms with Gasteiger partial charge in [0.1, 0.15) is 18.9 Å². The molecule has 14 nitrogen and oxygen atoms in total. The zero-order valence-corrected chi connectivity index (χ0v) is 28.3. The van der Waals surface area contributed by atoms with E-state index in [0.29, 0.717) is 12.8 Å². The van der Waals surface area contributed by atoms with Crippen molar-refractivity contribution < 1.29 is 28.7 Å². The SMILES string of the molecule is COC(=O)C1(Cc2nc(OC[C@@H]3CCCN3C)nc(N3CCN(C(=O)OCc4ccccc4)[C@@H](CC#N)C3)c2[N+](=O)[O-])CCc2ccccc21. The van der Waals surface area contributed by atoms with E-state index in [1.165, 1.54) is 12.0 Å². The monoisotopic (exact) mass is 683 g/mol. The number of benzene rings is 2. The number of nitriles is 1. The number of hydrogen-bond acceptors (Lipinski definition) is 12. The highest BCUT2D eigenvalue weighted by atomic mass is 16.6. The first-order chi connectivity index (χ1) is 24.2. The number of esters is 1. The highest BCUT2D eigenvalue weighted by molar-refractivity contribution is 5.85. The van der Waals surface area contributed by atoms with Crippen LogP contribution in [0, 0.1) is 21.4 Å². The highest BCUT2D eigenvalue weighted by Gasteiger charge is 2.49. The molecule has 1 aromatic heterocycles. The van der Waals surface area contributed by atoms with E-state index in [0.717, 1.165) is 36.1 Å². The number of likely N-dealkylation sites (N-methyl/N-ethyl adjacent to an activating group) is 1. The molecule has 14 heteroatoms. The fraction of sp³-hybridized carbons (Fsp3) is 0.472. The number of likely N-dealkylation sites (tertiary alicyclic amines) is 1. The zero-order valence-electron chi connectivity index (χ0n) is 28.3. The third kappa shape index (κ3) is 7.04. The Morgan fingerprint density at radius 1 is 1.08 bits per heavy atom. The number of carbonyl (C=O) groups excluding carboxylic acids is 2. The van der Waals surface area contributed by atoms with Gasteiger partial charge in [-0.3, -0.25) is 14.9 Å². The molecule has 0 bridgehead atoms. The lowest BCUT2D eigenvalue weighted by Crippen LogP contribution is -2.55. The number of nitro groups is 1. The van der Waals surface area contributed by atoms with Crippen molar-refractivity contribution in [2.75, 3.05) is 51.8 Å². The zero-order chi connectivity index (χ0) is 35.3. The Morgan fingerprint density at radius 2 is 1.86 bits per heavy atom. The van der Waals surface area contributed by atoms with Crippen LogP contribution in [0.25, 0.3) is 0 Å². The Balaban J connectivity index is 1.35. The first-order valence-electron chi connectivity index (χ1n) is 16.9. The van der Waals surface area contributed by atoms with Crippen LogP contribution in [0.3, 0.4) is 0 Å². The standard InChI is InChI=1S/C36H41N7O7/c1-40-18-8-12-28(40)24-49-34-38-30(21-36(33(44)48-2)16-14-26-11-6-7-13-29(26)36)31(43(46)47)32(39-34)41-19-20-42(27(22-41)15-17-37)35(45)50-23-25-9-4-3-5-10-25/h3-7,9-11,13,27-28H,8,12,14-16,18-24H2,1-2H3/t27-,28-,36?/m0/s1. The maximum atomic E-state index is 13.6. The van der Waals surface area contributed by atoms with Gasteiger partial charge in [-0.2, -0.15) is 15.2 Å². The first kappa shape index (κ1) is 34.6. The molecular formula is C36H41N7O7. The minimum Gasteiger partial charge on any atom is -0.468 e. The number of fused-ring (bicyclic) bond motifs is 1. The molecule has 2 aliphatic heterocycles. The lowest BCUT2D eigenvalue weighted by atomic mass is 9.77. The summed E-state index contributed by atoms with van der Waals surface area (Å²) in [5.74, 6) is -0.481. The molecule has 3 aromatic rings. The van der Waals surface area contributed by atoms with E-state index < -0.39 is 28.4 Å². The number of ether oxygens (including phenoxy) is 3. The van der Waals surface area contributed by atoms with E-state index >= 15 is 0 Å². The van der Waals surface area contributed by atoms with Gasteiger partial charge in [-0.15, -0.1) is 0 Å². The number of aromatic nitrogens is 2. The smallest absolute Gasteiger partial charge is 0.410 e. The summed E-state index contributed by atoms with van der Waals surface area (Å²) in [4.78, 5) is 53.9. The Kier molecular flexibility index (Phi) is 10.4. The van der Waals surface area contributed by atoms with Gasteiger partial charge in [0.25, 0.3) is 0 Å². The molecule has 2 fully saturated rings. The van der Waals surface area contributed by atoms with Crippen molar-refractivity contribution in [2.45, 2.75) is 62.6 Å². The molecule has 50 heavy (non-hydrogen) atoms. The summed E-state index contributed by atoms with van der Waals surface area (Å²) in [6.07, 6.45) is 2.26. The maximum absolute atomic E-state index is 13.6. The predicted octanol–water partition coefficient (Wildman–Crippen LogP) is 4.20. The lowest BCUT2D eigenvalue weighted by molar-refractivity contribution is -0.385. The molecule has 3 aliphatic rings. The molecule has 1 amide bonds. The van der Waals surface area contributed by atoms with E-state index in [1.807, 2.05) is 61.6 Å². The van der Waals surface area contributed by atoms with Crippen molar-refractivity contribution in [3.63, 3.8) is 0 Å². The van der Waals surface area contributed by atoms with E-state index in [-0.39, 0.29) is 74.9 Å². The Hall–Kier alpha value is -5.29. The number of carbonyl (C=O) groups is 2. The quantitative estimate of drug-likeness (QED) is 0.161. The van der Waals surface area contributed by atoms with Gasteiger partial charge in [0.2, 0.25) is 5.82 Å². The average molecular weight is 684 g/mol. The number of methoxy groups -OCH3 is 1. The first-order valence-corrected chi connectivity index (χ1v) is 16.9. The minimum atomic E-state index is -1.20. The summed E-state index contributed by atoms with van der Waals surface area (Å²) in [7, 11) is 3.34. The predicted molar refractivity (Wildman–Crippen MR) is 182 cm³/mol. The fourth-order valence-corrected chi connectivity index (χ4v) is 7.43. The normalized spacial score (nSPS) is 21.7. The third-order valence-corrected chi connectivity index (χ3v) is 10.1. The van der Waals surface area contributed by atoms with Crippen LogP contribution >= 0.6 is 0 Å². The molecule has 1 unspecified atom stereocenters. The topological polar surface area (TPSA) is 164 Å². The van der Waals surface area contributed by atoms with Gasteiger partial charge in [0.05, 0.1) is 36.0 Å². The lowest BCUT2D eigenvalue weighted by Gasteiger charge is -2.40. The molecule has 0 radical (unpaired) electrons. The van der Waals surface area contributed by atoms with Crippen LogP contribution in [0.5, 0.6) is 6.01 Å². The van der Waals surface area contributed by atoms with Gasteiger partial charge < -0.3 is 28.9 Å². The number of nitrogens with zero attached hydrogens (tertiary/aromatic N) is 7. The summed E-state index contributed by atoms with van der Waals surface area (Å²) in [5.41, 5.74) is 1.07. The molecular weight excluding hydrogens is 642 g/mol. The minimum absolute atomic E-state index is 0.0151. The second-order valence-corrected chi connectivity index (χ2v) is 13.1. The highest BCUT2D eigenvalue weighted by Crippen LogP contribution is 2.45. The van der Waals surface area contributed by atoms with Crippen LogP contribution in [0.1, 0.15) is 48.1 Å². The summed E-state index contributed by atoms with van der Waals surface area (Å²) in [6.45, 7) is 1.69. The number of piperazine rings is 1. The second kappa shape index (κ2) is 15.1. The molecule has 0 spiro atoms. The summed E-state index contributed by atoms with van der Waals surface area (Å²) in [5, 5.41) is 22.7. The summed E-state index contributed by atoms with van der Waals surface area (Å²) in [6, 6.07) is 18.4. The van der Waals surface area contributed by atoms with Crippen LogP contribution in [0.15, 0.2) is 54.6 Å². The van der Waals surface area contributed by atoms with Crippen LogP contribution in [0.2, 0.25) is 0 Å². The van der Waals surface area contributed by atoms with E-state index in [1.54, 1.807) is 4.90 Å². The number of hydrogen-bond donors (Lipinski definition) is 0. The van der Waals surface area contributed by atoms with Crippen LogP contribution in [-0.2, 0) is 39.1 Å². The molecule has 2 aromatic carbocycles. The Labute approximate surface area is 290 Å². The summed E-state index contributed by atoms with van der Waals surface area (Å²) >= 11 is 0. The molecule has 0 saturated carbocycles. The van der Waals surface area contributed by atoms with Crippen molar-refractivity contribution >= 4 is 23.6 Å². The number of rotatable bonds is 11. The Morgan fingerprint density at radius 3 is 2.58 bits per heavy atom. The number of amides is 1. The van der Waals surface area contributed by atoms with Crippen molar-refractivity contribution in [1.82, 2.24) is 19.8 Å². The van der Waals surface area contributed by atoms with Crippen molar-refractivity contribution in [2.24, 2.45) is 0 Å². The van der Waals surface area contributed by atoms with Crippen LogP contribution in [0.4, 0.5) is 16.3 Å². The molecule has 262 valence electrons. The number of anilines is 1. The van der Waals surface area contributed by atoms with E-state index in [4.69, 9.17) is 14.2 Å². The van der Waals surface area contributed by atoms with Gasteiger partial charge in [-0.25, -0.2) is 4.79 Å². The van der Waals surface area contributed by atoms with Crippen molar-refractivity contribution in [1.29, 1.82) is 5.26 Å². The van der Waals surface area contributed by atoms with Gasteiger partial charge >= 0.3 is 23.8 Å². The molecule has 2 saturated heterocycles. The molecule has 0 N–H and O–H groups in total. The van der Waals surface area contributed by atoms with Gasteiger partial charge in [0, 0.05) is 32.1 Å². The Bertz CT molecular complexity index is 1770. The fourth-order valence-electron chi connectivity index (χ4n) is 7.43. The molecule has 6 rings (SSSR count). The second-order valence-electron chi connectivity index (χ2n) is 13.1. The third-order valence-electron chi connectivity index (χ3n) is 10.1. The molecule has 1 aliphatic carbocycles. The molecule has 3 heterocycles. The van der Waals surface area contributed by atoms with Gasteiger partial charge in [0.15, 0.2) is 0 Å². The van der Waals surface area contributed by atoms with Crippen molar-refractivity contribution in [3.05, 3.63) is 87.1 Å². The average Bonchev–Trinajstić information content (AvgIpc) is 3.72. The maximum Gasteiger partial charge on any atom is 0.410 e. The van der Waals surface area contributed by atoms with Gasteiger partial charge in [-0.05, 0) is 56.0 Å². The van der Waals surface area contributed by atoms with Crippen LogP contribution < -0.4 is 9.64 Å². The largest absolute Gasteiger partial charge is 0.468 e. The van der Waals surface area contributed by atoms with Crippen LogP contribution in [-0.4, -0.2) is 95.8 Å². The van der Waals surface area contributed by atoms with Gasteiger partial charge in [-0.1, -0.05) is 54.6 Å². The van der Waals surface area contributed by atoms with E-state index in [2.05, 4.69) is 20.9 Å². The van der Waals surface area contributed by atoms with Crippen molar-refractivity contribution in [3.8, 4) is 12.1 Å².